The van der Waals surface area contributed by atoms with Gasteiger partial charge < -0.3 is 13.9 Å². The number of methoxy groups -OCH3 is 1. The highest BCUT2D eigenvalue weighted by Crippen LogP contribution is 2.35. The summed E-state index contributed by atoms with van der Waals surface area (Å²) in [6.45, 7) is 2.54. The normalized spacial score (nSPS) is 10.9. The van der Waals surface area contributed by atoms with Crippen LogP contribution in [0.5, 0.6) is 11.5 Å². The van der Waals surface area contributed by atoms with Crippen molar-refractivity contribution in [2.24, 2.45) is 0 Å². The predicted octanol–water partition coefficient (Wildman–Crippen LogP) is 5.62. The van der Waals surface area contributed by atoms with Gasteiger partial charge in [-0.05, 0) is 36.6 Å². The molecular weight excluding hydrogens is 414 g/mol. The van der Waals surface area contributed by atoms with Crippen LogP contribution in [-0.2, 0) is 5.75 Å². The van der Waals surface area contributed by atoms with Gasteiger partial charge in [-0.2, -0.15) is 0 Å². The Balaban J connectivity index is 1.43. The van der Waals surface area contributed by atoms with Crippen LogP contribution < -0.4 is 9.47 Å². The third kappa shape index (κ3) is 4.21. The van der Waals surface area contributed by atoms with Gasteiger partial charge in [0.25, 0.3) is 11.1 Å². The van der Waals surface area contributed by atoms with Crippen LogP contribution in [0.3, 0.4) is 0 Å². The first-order valence-electron chi connectivity index (χ1n) is 8.52. The van der Waals surface area contributed by atoms with Gasteiger partial charge in [-0.15, -0.1) is 32.9 Å². The second-order valence-corrected chi connectivity index (χ2v) is 8.31. The van der Waals surface area contributed by atoms with E-state index in [2.05, 4.69) is 10.2 Å². The first-order valence-corrected chi connectivity index (χ1v) is 11.3. The van der Waals surface area contributed by atoms with Gasteiger partial charge in [-0.3, -0.25) is 0 Å². The summed E-state index contributed by atoms with van der Waals surface area (Å²) in [5.74, 6) is 2.66. The summed E-state index contributed by atoms with van der Waals surface area (Å²) in [7, 11) is 1.64. The third-order valence-corrected chi connectivity index (χ3v) is 6.39. The fraction of sp³-hybridized carbons (Fsp3) is 0.211. The molecule has 0 N–H and O–H groups in total. The van der Waals surface area contributed by atoms with Crippen LogP contribution in [0.2, 0.25) is 0 Å². The maximum Gasteiger partial charge on any atom is 0.277 e. The summed E-state index contributed by atoms with van der Waals surface area (Å²) in [6.07, 6.45) is 0. The lowest BCUT2D eigenvalue weighted by Crippen LogP contribution is -1.95. The van der Waals surface area contributed by atoms with Gasteiger partial charge >= 0.3 is 0 Å². The second kappa shape index (κ2) is 8.76. The lowest BCUT2D eigenvalue weighted by atomic mass is 10.2. The number of hydrogen-bond acceptors (Lipinski definition) is 9. The van der Waals surface area contributed by atoms with Gasteiger partial charge in [0.05, 0.1) is 24.3 Å². The number of ether oxygens (including phenoxy) is 2. The topological polar surface area (TPSA) is 70.3 Å². The van der Waals surface area contributed by atoms with Crippen LogP contribution in [0.4, 0.5) is 0 Å². The summed E-state index contributed by atoms with van der Waals surface area (Å²) >= 11 is 4.65. The Morgan fingerprint density at radius 2 is 2.07 bits per heavy atom. The Bertz CT molecular complexity index is 1040. The van der Waals surface area contributed by atoms with E-state index in [-0.39, 0.29) is 0 Å². The summed E-state index contributed by atoms with van der Waals surface area (Å²) in [5.41, 5.74) is 1.97. The Labute approximate surface area is 174 Å². The molecule has 0 bridgehead atoms. The standard InChI is InChI=1S/C19H17N3O3S3/c1-3-24-14-7-6-12(9-15(14)23-2)18-20-13(10-27-18)11-28-19-22-21-17(25-19)16-5-4-8-26-16/h4-10H,3,11H2,1-2H3. The van der Waals surface area contributed by atoms with Gasteiger partial charge in [0.1, 0.15) is 5.01 Å². The van der Waals surface area contributed by atoms with Crippen molar-refractivity contribution in [1.29, 1.82) is 0 Å². The van der Waals surface area contributed by atoms with Crippen molar-refractivity contribution in [3.05, 3.63) is 46.8 Å². The molecule has 28 heavy (non-hydrogen) atoms. The molecule has 1 aromatic carbocycles. The van der Waals surface area contributed by atoms with Crippen LogP contribution in [0.1, 0.15) is 12.6 Å². The van der Waals surface area contributed by atoms with Crippen LogP contribution in [0, 0.1) is 0 Å². The molecule has 3 aromatic heterocycles. The zero-order valence-electron chi connectivity index (χ0n) is 15.2. The molecule has 9 heteroatoms. The number of thioether (sulfide) groups is 1. The third-order valence-electron chi connectivity index (χ3n) is 3.74. The van der Waals surface area contributed by atoms with Crippen molar-refractivity contribution in [2.75, 3.05) is 13.7 Å². The molecule has 6 nitrogen and oxygen atoms in total. The van der Waals surface area contributed by atoms with E-state index >= 15 is 0 Å². The minimum absolute atomic E-state index is 0.542. The van der Waals surface area contributed by atoms with E-state index in [1.165, 1.54) is 11.8 Å². The lowest BCUT2D eigenvalue weighted by molar-refractivity contribution is 0.311. The van der Waals surface area contributed by atoms with Crippen molar-refractivity contribution >= 4 is 34.4 Å². The Morgan fingerprint density at radius 1 is 1.14 bits per heavy atom. The highest BCUT2D eigenvalue weighted by Gasteiger charge is 2.13. The molecule has 4 aromatic rings. The maximum atomic E-state index is 5.70. The fourth-order valence-corrected chi connectivity index (χ4v) is 4.71. The van der Waals surface area contributed by atoms with E-state index in [9.17, 15) is 0 Å². The van der Waals surface area contributed by atoms with E-state index in [0.29, 0.717) is 29.2 Å². The molecule has 0 radical (unpaired) electrons. The first kappa shape index (κ1) is 19.0. The maximum absolute atomic E-state index is 5.70. The first-order chi connectivity index (χ1) is 13.8. The van der Waals surface area contributed by atoms with Crippen LogP contribution >= 0.6 is 34.4 Å². The van der Waals surface area contributed by atoms with E-state index in [1.807, 2.05) is 48.0 Å². The largest absolute Gasteiger partial charge is 0.493 e. The van der Waals surface area contributed by atoms with Crippen molar-refractivity contribution in [2.45, 2.75) is 17.9 Å². The number of thiophene rings is 1. The average molecular weight is 432 g/mol. The van der Waals surface area contributed by atoms with Crippen LogP contribution in [0.15, 0.2) is 50.7 Å². The Kier molecular flexibility index (Phi) is 5.94. The summed E-state index contributed by atoms with van der Waals surface area (Å²) in [4.78, 5) is 5.69. The molecule has 0 aliphatic carbocycles. The second-order valence-electron chi connectivity index (χ2n) is 5.58. The molecule has 0 atom stereocenters. The number of benzene rings is 1. The summed E-state index contributed by atoms with van der Waals surface area (Å²) in [6, 6.07) is 9.78. The molecule has 4 rings (SSSR count). The van der Waals surface area contributed by atoms with Crippen molar-refractivity contribution in [3.63, 3.8) is 0 Å². The number of rotatable bonds is 8. The minimum atomic E-state index is 0.542. The number of aromatic nitrogens is 3. The van der Waals surface area contributed by atoms with Crippen LogP contribution in [0.25, 0.3) is 21.3 Å². The van der Waals surface area contributed by atoms with Crippen LogP contribution in [-0.4, -0.2) is 28.9 Å². The quantitative estimate of drug-likeness (QED) is 0.335. The highest BCUT2D eigenvalue weighted by atomic mass is 32.2. The van der Waals surface area contributed by atoms with Gasteiger partial charge in [0, 0.05) is 16.7 Å². The number of hydrogen-bond donors (Lipinski definition) is 0. The Morgan fingerprint density at radius 3 is 2.86 bits per heavy atom. The summed E-state index contributed by atoms with van der Waals surface area (Å²) < 4.78 is 16.7. The smallest absolute Gasteiger partial charge is 0.277 e. The molecule has 0 aliphatic heterocycles. The highest BCUT2D eigenvalue weighted by molar-refractivity contribution is 7.98. The number of nitrogens with zero attached hydrogens (tertiary/aromatic N) is 3. The lowest BCUT2D eigenvalue weighted by Gasteiger charge is -2.09. The molecule has 3 heterocycles. The van der Waals surface area contributed by atoms with Gasteiger partial charge in [-0.25, -0.2) is 4.98 Å². The SMILES string of the molecule is CCOc1ccc(-c2nc(CSc3nnc(-c4cccs4)o3)cs2)cc1OC. The zero-order chi connectivity index (χ0) is 19.3. The molecule has 0 saturated carbocycles. The monoisotopic (exact) mass is 431 g/mol. The van der Waals surface area contributed by atoms with E-state index in [4.69, 9.17) is 18.9 Å². The van der Waals surface area contributed by atoms with E-state index in [0.717, 1.165) is 26.9 Å². The molecule has 0 aliphatic rings. The minimum Gasteiger partial charge on any atom is -0.493 e. The average Bonchev–Trinajstić information content (AvgIpc) is 3.48. The molecule has 0 fully saturated rings. The zero-order valence-corrected chi connectivity index (χ0v) is 17.7. The molecule has 0 saturated heterocycles. The Hall–Kier alpha value is -2.36. The van der Waals surface area contributed by atoms with Gasteiger partial charge in [0.15, 0.2) is 11.5 Å². The molecular formula is C19H17N3O3S3. The molecule has 0 spiro atoms. The van der Waals surface area contributed by atoms with Gasteiger partial charge in [-0.1, -0.05) is 17.8 Å². The molecule has 0 amide bonds. The van der Waals surface area contributed by atoms with Gasteiger partial charge in [0.2, 0.25) is 0 Å². The van der Waals surface area contributed by atoms with Crippen molar-refractivity contribution < 1.29 is 13.9 Å². The number of thiazole rings is 1. The molecule has 0 unspecified atom stereocenters. The van der Waals surface area contributed by atoms with Crippen molar-refractivity contribution in [1.82, 2.24) is 15.2 Å². The fourth-order valence-electron chi connectivity index (χ4n) is 2.48. The predicted molar refractivity (Wildman–Crippen MR) is 112 cm³/mol. The molecule has 144 valence electrons. The summed E-state index contributed by atoms with van der Waals surface area (Å²) in [5, 5.41) is 13.7. The van der Waals surface area contributed by atoms with Crippen molar-refractivity contribution in [3.8, 4) is 32.8 Å². The van der Waals surface area contributed by atoms with E-state index in [1.54, 1.807) is 29.8 Å². The van der Waals surface area contributed by atoms with E-state index < -0.39 is 0 Å².